The first-order valence-electron chi connectivity index (χ1n) is 8.51. The molecular weight excluding hydrogens is 310 g/mol. The maximum Gasteiger partial charge on any atom is 0.243 e. The Morgan fingerprint density at radius 2 is 1.56 bits per heavy atom. The summed E-state index contributed by atoms with van der Waals surface area (Å²) >= 11 is 0. The number of nitriles is 1. The van der Waals surface area contributed by atoms with Crippen LogP contribution in [0.2, 0.25) is 0 Å². The second kappa shape index (κ2) is 7.85. The molecule has 0 radical (unpaired) electrons. The Balaban J connectivity index is 2.02. The van der Waals surface area contributed by atoms with Gasteiger partial charge in [-0.1, -0.05) is 56.3 Å². The molecule has 0 fully saturated rings. The number of hydrogen-bond acceptors (Lipinski definition) is 3. The summed E-state index contributed by atoms with van der Waals surface area (Å²) < 4.78 is 0. The molecule has 2 atom stereocenters. The predicted molar refractivity (Wildman–Crippen MR) is 102 cm³/mol. The molecule has 0 unspecified atom stereocenters. The molecule has 25 heavy (non-hydrogen) atoms. The van der Waals surface area contributed by atoms with Crippen molar-refractivity contribution in [2.75, 3.05) is 5.32 Å². The van der Waals surface area contributed by atoms with Crippen molar-refractivity contribution in [3.63, 3.8) is 0 Å². The van der Waals surface area contributed by atoms with Crippen LogP contribution in [-0.4, -0.2) is 17.5 Å². The number of hydrogen-bond donors (Lipinski definition) is 2. The molecule has 0 aliphatic rings. The summed E-state index contributed by atoms with van der Waals surface area (Å²) in [4.78, 5) is 12.4. The molecule has 0 aliphatic carbocycles. The summed E-state index contributed by atoms with van der Waals surface area (Å²) in [6.07, 6.45) is 0. The minimum Gasteiger partial charge on any atom is -0.374 e. The van der Waals surface area contributed by atoms with E-state index in [1.165, 1.54) is 0 Å². The van der Waals surface area contributed by atoms with Crippen LogP contribution in [0.4, 0.5) is 5.69 Å². The average molecular weight is 335 g/mol. The van der Waals surface area contributed by atoms with Crippen molar-refractivity contribution in [2.24, 2.45) is 5.92 Å². The summed E-state index contributed by atoms with van der Waals surface area (Å²) in [5.41, 5.74) is 2.27. The van der Waals surface area contributed by atoms with Crippen molar-refractivity contribution < 1.29 is 4.79 Å². The minimum absolute atomic E-state index is 0.0267. The number of carbonyl (C=O) groups excluding carboxylic acids is 1. The van der Waals surface area contributed by atoms with Crippen LogP contribution in [0.1, 0.15) is 27.7 Å². The van der Waals surface area contributed by atoms with Crippen LogP contribution in [-0.2, 0) is 4.79 Å². The standard InChI is InChI=1S/C21H25N3O/c1-15(2)21(4,14-22)24-20(25)16(3)23-19-12-10-18(11-13-19)17-8-6-5-7-9-17/h5-13,15-16,23H,1-4H3,(H,24,25)/t16-,21-/m1/s1. The number of nitrogens with zero attached hydrogens (tertiary/aromatic N) is 1. The van der Waals surface area contributed by atoms with Gasteiger partial charge in [-0.2, -0.15) is 5.26 Å². The SMILES string of the molecule is CC(C)[C@@](C)(C#N)NC(=O)[C@@H](C)Nc1ccc(-c2ccccc2)cc1. The zero-order chi connectivity index (χ0) is 18.4. The third-order valence-electron chi connectivity index (χ3n) is 4.54. The third-order valence-corrected chi connectivity index (χ3v) is 4.54. The van der Waals surface area contributed by atoms with Crippen molar-refractivity contribution >= 4 is 11.6 Å². The van der Waals surface area contributed by atoms with Gasteiger partial charge in [0.2, 0.25) is 5.91 Å². The highest BCUT2D eigenvalue weighted by molar-refractivity contribution is 5.85. The highest BCUT2D eigenvalue weighted by Gasteiger charge is 2.31. The molecule has 0 aromatic heterocycles. The Morgan fingerprint density at radius 3 is 2.08 bits per heavy atom. The maximum atomic E-state index is 12.4. The zero-order valence-electron chi connectivity index (χ0n) is 15.2. The van der Waals surface area contributed by atoms with E-state index in [2.05, 4.69) is 28.8 Å². The summed E-state index contributed by atoms with van der Waals surface area (Å²) in [6.45, 7) is 7.38. The van der Waals surface area contributed by atoms with Gasteiger partial charge >= 0.3 is 0 Å². The zero-order valence-corrected chi connectivity index (χ0v) is 15.2. The molecular formula is C21H25N3O. The molecule has 2 aromatic rings. The maximum absolute atomic E-state index is 12.4. The lowest BCUT2D eigenvalue weighted by molar-refractivity contribution is -0.123. The quantitative estimate of drug-likeness (QED) is 0.831. The van der Waals surface area contributed by atoms with Gasteiger partial charge in [0.25, 0.3) is 0 Å². The van der Waals surface area contributed by atoms with Crippen molar-refractivity contribution in [3.8, 4) is 17.2 Å². The van der Waals surface area contributed by atoms with Gasteiger partial charge in [-0.3, -0.25) is 4.79 Å². The lowest BCUT2D eigenvalue weighted by Crippen LogP contribution is -2.52. The molecule has 0 bridgehead atoms. The number of benzene rings is 2. The summed E-state index contributed by atoms with van der Waals surface area (Å²) in [5, 5.41) is 15.4. The molecule has 0 saturated carbocycles. The fourth-order valence-corrected chi connectivity index (χ4v) is 2.37. The lowest BCUT2D eigenvalue weighted by atomic mass is 9.90. The van der Waals surface area contributed by atoms with E-state index < -0.39 is 11.6 Å². The molecule has 2 rings (SSSR count). The Bertz CT molecular complexity index is 747. The van der Waals surface area contributed by atoms with Gasteiger partial charge in [-0.05, 0) is 43.0 Å². The largest absolute Gasteiger partial charge is 0.374 e. The van der Waals surface area contributed by atoms with Crippen LogP contribution >= 0.6 is 0 Å². The van der Waals surface area contributed by atoms with E-state index in [0.29, 0.717) is 0 Å². The van der Waals surface area contributed by atoms with Crippen LogP contribution in [0.5, 0.6) is 0 Å². The second-order valence-corrected chi connectivity index (χ2v) is 6.77. The molecule has 0 aliphatic heterocycles. The van der Waals surface area contributed by atoms with Crippen LogP contribution in [0.25, 0.3) is 11.1 Å². The molecule has 2 N–H and O–H groups in total. The van der Waals surface area contributed by atoms with E-state index >= 15 is 0 Å². The topological polar surface area (TPSA) is 64.9 Å². The van der Waals surface area contributed by atoms with Crippen molar-refractivity contribution in [1.82, 2.24) is 5.32 Å². The number of rotatable bonds is 6. The lowest BCUT2D eigenvalue weighted by Gasteiger charge is -2.29. The van der Waals surface area contributed by atoms with E-state index in [4.69, 9.17) is 0 Å². The highest BCUT2D eigenvalue weighted by Crippen LogP contribution is 2.21. The van der Waals surface area contributed by atoms with Gasteiger partial charge in [-0.15, -0.1) is 0 Å². The number of anilines is 1. The molecule has 4 nitrogen and oxygen atoms in total. The van der Waals surface area contributed by atoms with Gasteiger partial charge in [0.05, 0.1) is 6.07 Å². The van der Waals surface area contributed by atoms with Gasteiger partial charge in [0.1, 0.15) is 11.6 Å². The van der Waals surface area contributed by atoms with Crippen molar-refractivity contribution in [2.45, 2.75) is 39.3 Å². The molecule has 1 amide bonds. The fraction of sp³-hybridized carbons (Fsp3) is 0.333. The van der Waals surface area contributed by atoms with Crippen LogP contribution in [0, 0.1) is 17.2 Å². The van der Waals surface area contributed by atoms with Crippen molar-refractivity contribution in [3.05, 3.63) is 54.6 Å². The number of amides is 1. The number of carbonyl (C=O) groups is 1. The van der Waals surface area contributed by atoms with Gasteiger partial charge in [-0.25, -0.2) is 0 Å². The van der Waals surface area contributed by atoms with Gasteiger partial charge in [0.15, 0.2) is 0 Å². The van der Waals surface area contributed by atoms with Gasteiger partial charge < -0.3 is 10.6 Å². The molecule has 0 saturated heterocycles. The van der Waals surface area contributed by atoms with E-state index in [1.54, 1.807) is 13.8 Å². The molecule has 0 spiro atoms. The molecule has 130 valence electrons. The Hall–Kier alpha value is -2.80. The van der Waals surface area contributed by atoms with Crippen LogP contribution in [0.3, 0.4) is 0 Å². The third kappa shape index (κ3) is 4.60. The number of nitrogens with one attached hydrogen (secondary N) is 2. The van der Waals surface area contributed by atoms with E-state index in [-0.39, 0.29) is 11.8 Å². The van der Waals surface area contributed by atoms with E-state index in [1.807, 2.05) is 56.3 Å². The predicted octanol–water partition coefficient (Wildman–Crippen LogP) is 4.21. The Labute approximate surface area is 149 Å². The van der Waals surface area contributed by atoms with Crippen molar-refractivity contribution in [1.29, 1.82) is 5.26 Å². The first-order valence-corrected chi connectivity index (χ1v) is 8.51. The molecule has 4 heteroatoms. The smallest absolute Gasteiger partial charge is 0.243 e. The average Bonchev–Trinajstić information content (AvgIpc) is 2.62. The Morgan fingerprint density at radius 1 is 1.00 bits per heavy atom. The van der Waals surface area contributed by atoms with Gasteiger partial charge in [0, 0.05) is 5.69 Å². The van der Waals surface area contributed by atoms with E-state index in [9.17, 15) is 10.1 Å². The first-order chi connectivity index (χ1) is 11.9. The van der Waals surface area contributed by atoms with Crippen LogP contribution < -0.4 is 10.6 Å². The fourth-order valence-electron chi connectivity index (χ4n) is 2.37. The first kappa shape index (κ1) is 18.5. The monoisotopic (exact) mass is 335 g/mol. The summed E-state index contributed by atoms with van der Waals surface area (Å²) in [6, 6.07) is 19.9. The molecule has 0 heterocycles. The highest BCUT2D eigenvalue weighted by atomic mass is 16.2. The summed E-state index contributed by atoms with van der Waals surface area (Å²) in [7, 11) is 0. The molecule has 2 aromatic carbocycles. The second-order valence-electron chi connectivity index (χ2n) is 6.77. The van der Waals surface area contributed by atoms with E-state index in [0.717, 1.165) is 16.8 Å². The normalized spacial score (nSPS) is 14.2. The van der Waals surface area contributed by atoms with Crippen LogP contribution in [0.15, 0.2) is 54.6 Å². The minimum atomic E-state index is -0.871. The Kier molecular flexibility index (Phi) is 5.82. The summed E-state index contributed by atoms with van der Waals surface area (Å²) in [5.74, 6) is -0.163.